The summed E-state index contributed by atoms with van der Waals surface area (Å²) in [7, 11) is 0. The summed E-state index contributed by atoms with van der Waals surface area (Å²) in [6, 6.07) is 11.4. The molecule has 0 aliphatic carbocycles. The quantitative estimate of drug-likeness (QED) is 0.770. The highest BCUT2D eigenvalue weighted by Crippen LogP contribution is 2.25. The summed E-state index contributed by atoms with van der Waals surface area (Å²) in [5.41, 5.74) is 4.20. The summed E-state index contributed by atoms with van der Waals surface area (Å²) >= 11 is 13.4. The molecule has 0 bridgehead atoms. The Labute approximate surface area is 145 Å². The number of nitrogens with one attached hydrogen (secondary N) is 1. The Morgan fingerprint density at radius 3 is 2.64 bits per heavy atom. The van der Waals surface area contributed by atoms with Crippen LogP contribution in [0, 0.1) is 13.8 Å². The smallest absolute Gasteiger partial charge is 0.234 e. The van der Waals surface area contributed by atoms with Crippen molar-refractivity contribution in [3.63, 3.8) is 0 Å². The molecule has 116 valence electrons. The summed E-state index contributed by atoms with van der Waals surface area (Å²) in [4.78, 5) is 12.0. The molecule has 0 fully saturated rings. The Kier molecular flexibility index (Phi) is 6.18. The zero-order valence-corrected chi connectivity index (χ0v) is 14.8. The van der Waals surface area contributed by atoms with Crippen molar-refractivity contribution in [2.75, 3.05) is 11.1 Å². The molecular formula is C17H17Cl2NOS. The van der Waals surface area contributed by atoms with Crippen molar-refractivity contribution in [3.05, 3.63) is 63.1 Å². The van der Waals surface area contributed by atoms with Gasteiger partial charge in [-0.3, -0.25) is 4.79 Å². The predicted octanol–water partition coefficient (Wildman–Crippen LogP) is 5.48. The standard InChI is InChI=1S/C17H17Cl2NOS/c1-11-4-3-5-16(12(11)2)20-17(21)10-22-9-13-6-7-14(18)15(19)8-13/h3-8H,9-10H2,1-2H3,(H,20,21). The van der Waals surface area contributed by atoms with Crippen molar-refractivity contribution in [1.82, 2.24) is 0 Å². The Morgan fingerprint density at radius 1 is 1.14 bits per heavy atom. The molecule has 0 aromatic heterocycles. The summed E-state index contributed by atoms with van der Waals surface area (Å²) in [6.45, 7) is 4.04. The van der Waals surface area contributed by atoms with Gasteiger partial charge in [-0.15, -0.1) is 11.8 Å². The van der Waals surface area contributed by atoms with Crippen molar-refractivity contribution in [1.29, 1.82) is 0 Å². The third kappa shape index (κ3) is 4.67. The molecular weight excluding hydrogens is 337 g/mol. The molecule has 1 N–H and O–H groups in total. The fraction of sp³-hybridized carbons (Fsp3) is 0.235. The van der Waals surface area contributed by atoms with E-state index in [0.29, 0.717) is 15.8 Å². The first kappa shape index (κ1) is 17.2. The van der Waals surface area contributed by atoms with Crippen LogP contribution in [0.5, 0.6) is 0 Å². The van der Waals surface area contributed by atoms with Crippen molar-refractivity contribution < 1.29 is 4.79 Å². The minimum Gasteiger partial charge on any atom is -0.325 e. The topological polar surface area (TPSA) is 29.1 Å². The average molecular weight is 354 g/mol. The second-order valence-electron chi connectivity index (χ2n) is 5.04. The van der Waals surface area contributed by atoms with E-state index in [1.807, 2.05) is 44.2 Å². The minimum absolute atomic E-state index is 0.00115. The van der Waals surface area contributed by atoms with E-state index >= 15 is 0 Å². The van der Waals surface area contributed by atoms with Crippen LogP contribution >= 0.6 is 35.0 Å². The van der Waals surface area contributed by atoms with Gasteiger partial charge in [0.25, 0.3) is 0 Å². The molecule has 0 atom stereocenters. The largest absolute Gasteiger partial charge is 0.325 e. The number of anilines is 1. The summed E-state index contributed by atoms with van der Waals surface area (Å²) in [5, 5.41) is 4.04. The van der Waals surface area contributed by atoms with Crippen LogP contribution in [0.25, 0.3) is 0 Å². The number of thioether (sulfide) groups is 1. The number of hydrogen-bond acceptors (Lipinski definition) is 2. The Balaban J connectivity index is 1.85. The fourth-order valence-electron chi connectivity index (χ4n) is 1.96. The maximum atomic E-state index is 12.0. The lowest BCUT2D eigenvalue weighted by atomic mass is 10.1. The molecule has 2 rings (SSSR count). The van der Waals surface area contributed by atoms with E-state index in [1.165, 1.54) is 5.56 Å². The molecule has 2 aromatic rings. The zero-order valence-electron chi connectivity index (χ0n) is 12.5. The Hall–Kier alpha value is -1.16. The summed E-state index contributed by atoms with van der Waals surface area (Å²) in [6.07, 6.45) is 0. The first-order chi connectivity index (χ1) is 10.5. The van der Waals surface area contributed by atoms with E-state index in [2.05, 4.69) is 5.32 Å². The van der Waals surface area contributed by atoms with Crippen LogP contribution in [-0.4, -0.2) is 11.7 Å². The summed E-state index contributed by atoms with van der Waals surface area (Å²) < 4.78 is 0. The number of carbonyl (C=O) groups excluding carboxylic acids is 1. The average Bonchev–Trinajstić information content (AvgIpc) is 2.48. The number of aryl methyl sites for hydroxylation is 1. The van der Waals surface area contributed by atoms with E-state index < -0.39 is 0 Å². The number of amides is 1. The molecule has 2 aromatic carbocycles. The van der Waals surface area contributed by atoms with Crippen molar-refractivity contribution in [2.45, 2.75) is 19.6 Å². The van der Waals surface area contributed by atoms with Gasteiger partial charge in [0.05, 0.1) is 15.8 Å². The van der Waals surface area contributed by atoms with E-state index in [9.17, 15) is 4.79 Å². The van der Waals surface area contributed by atoms with Crippen LogP contribution in [0.3, 0.4) is 0 Å². The van der Waals surface area contributed by atoms with Crippen LogP contribution in [0.2, 0.25) is 10.0 Å². The molecule has 0 saturated carbocycles. The monoisotopic (exact) mass is 353 g/mol. The SMILES string of the molecule is Cc1cccc(NC(=O)CSCc2ccc(Cl)c(Cl)c2)c1C. The highest BCUT2D eigenvalue weighted by molar-refractivity contribution is 7.99. The van der Waals surface area contributed by atoms with E-state index in [-0.39, 0.29) is 5.91 Å². The van der Waals surface area contributed by atoms with Crippen molar-refractivity contribution in [3.8, 4) is 0 Å². The predicted molar refractivity (Wildman–Crippen MR) is 97.2 cm³/mol. The number of benzene rings is 2. The van der Waals surface area contributed by atoms with Gasteiger partial charge in [0, 0.05) is 11.4 Å². The molecule has 0 aliphatic rings. The van der Waals surface area contributed by atoms with Gasteiger partial charge in [0.1, 0.15) is 0 Å². The van der Waals surface area contributed by atoms with Crippen LogP contribution in [0.1, 0.15) is 16.7 Å². The molecule has 22 heavy (non-hydrogen) atoms. The molecule has 2 nitrogen and oxygen atoms in total. The number of rotatable bonds is 5. The number of hydrogen-bond donors (Lipinski definition) is 1. The first-order valence-electron chi connectivity index (χ1n) is 6.85. The van der Waals surface area contributed by atoms with Gasteiger partial charge in [0.2, 0.25) is 5.91 Å². The van der Waals surface area contributed by atoms with Crippen molar-refractivity contribution >= 4 is 46.6 Å². The molecule has 5 heteroatoms. The third-order valence-electron chi connectivity index (χ3n) is 3.36. The molecule has 0 heterocycles. The van der Waals surface area contributed by atoms with E-state index in [4.69, 9.17) is 23.2 Å². The van der Waals surface area contributed by atoms with Crippen LogP contribution < -0.4 is 5.32 Å². The maximum absolute atomic E-state index is 12.0. The van der Waals surface area contributed by atoms with Crippen LogP contribution in [0.4, 0.5) is 5.69 Å². The lowest BCUT2D eigenvalue weighted by Gasteiger charge is -2.10. The molecule has 0 saturated heterocycles. The van der Waals surface area contributed by atoms with Crippen LogP contribution in [0.15, 0.2) is 36.4 Å². The van der Waals surface area contributed by atoms with Gasteiger partial charge in [-0.05, 0) is 48.7 Å². The zero-order chi connectivity index (χ0) is 16.1. The van der Waals surface area contributed by atoms with E-state index in [0.717, 1.165) is 22.6 Å². The highest BCUT2D eigenvalue weighted by Gasteiger charge is 2.07. The third-order valence-corrected chi connectivity index (χ3v) is 5.11. The molecule has 0 unspecified atom stereocenters. The maximum Gasteiger partial charge on any atom is 0.234 e. The van der Waals surface area contributed by atoms with Gasteiger partial charge in [-0.2, -0.15) is 0 Å². The van der Waals surface area contributed by atoms with Gasteiger partial charge in [-0.1, -0.05) is 41.4 Å². The summed E-state index contributed by atoms with van der Waals surface area (Å²) in [5.74, 6) is 1.11. The lowest BCUT2D eigenvalue weighted by Crippen LogP contribution is -2.15. The highest BCUT2D eigenvalue weighted by atomic mass is 35.5. The first-order valence-corrected chi connectivity index (χ1v) is 8.76. The molecule has 0 spiro atoms. The van der Waals surface area contributed by atoms with Gasteiger partial charge >= 0.3 is 0 Å². The molecule has 0 aliphatic heterocycles. The molecule has 0 radical (unpaired) electrons. The van der Waals surface area contributed by atoms with E-state index in [1.54, 1.807) is 17.8 Å². The van der Waals surface area contributed by atoms with Gasteiger partial charge in [-0.25, -0.2) is 0 Å². The minimum atomic E-state index is -0.00115. The van der Waals surface area contributed by atoms with Gasteiger partial charge in [0.15, 0.2) is 0 Å². The fourth-order valence-corrected chi connectivity index (χ4v) is 3.06. The second kappa shape index (κ2) is 7.91. The second-order valence-corrected chi connectivity index (χ2v) is 6.84. The van der Waals surface area contributed by atoms with Gasteiger partial charge < -0.3 is 5.32 Å². The van der Waals surface area contributed by atoms with Crippen LogP contribution in [-0.2, 0) is 10.5 Å². The van der Waals surface area contributed by atoms with Crippen molar-refractivity contribution in [2.24, 2.45) is 0 Å². The normalized spacial score (nSPS) is 10.5. The number of halogens is 2. The Morgan fingerprint density at radius 2 is 1.91 bits per heavy atom. The molecule has 1 amide bonds. The Bertz CT molecular complexity index is 688. The lowest BCUT2D eigenvalue weighted by molar-refractivity contribution is -0.113. The number of carbonyl (C=O) groups is 1.